The van der Waals surface area contributed by atoms with Crippen molar-refractivity contribution in [3.05, 3.63) is 28.8 Å². The third-order valence-electron chi connectivity index (χ3n) is 3.39. The van der Waals surface area contributed by atoms with Crippen LogP contribution in [0.3, 0.4) is 0 Å². The SMILES string of the molecule is CC(C)(C#N)c1ccc(N2CCNCC2)cc1Cl. The van der Waals surface area contributed by atoms with Gasteiger partial charge >= 0.3 is 0 Å². The van der Waals surface area contributed by atoms with Crippen LogP contribution in [0.4, 0.5) is 5.69 Å². The molecular weight excluding hydrogens is 246 g/mol. The fourth-order valence-electron chi connectivity index (χ4n) is 2.19. The molecule has 2 rings (SSSR count). The Kier molecular flexibility index (Phi) is 3.79. The first-order chi connectivity index (χ1) is 8.54. The smallest absolute Gasteiger partial charge is 0.0780 e. The number of halogens is 1. The van der Waals surface area contributed by atoms with E-state index in [0.29, 0.717) is 5.02 Å². The third kappa shape index (κ3) is 2.60. The minimum absolute atomic E-state index is 0.543. The van der Waals surface area contributed by atoms with Gasteiger partial charge < -0.3 is 10.2 Å². The van der Waals surface area contributed by atoms with Crippen LogP contribution >= 0.6 is 11.6 Å². The van der Waals surface area contributed by atoms with E-state index in [9.17, 15) is 0 Å². The van der Waals surface area contributed by atoms with E-state index < -0.39 is 5.41 Å². The maximum absolute atomic E-state index is 9.16. The maximum Gasteiger partial charge on any atom is 0.0780 e. The molecule has 0 bridgehead atoms. The fourth-order valence-corrected chi connectivity index (χ4v) is 2.60. The lowest BCUT2D eigenvalue weighted by molar-refractivity contribution is 0.589. The molecule has 0 spiro atoms. The highest BCUT2D eigenvalue weighted by molar-refractivity contribution is 6.31. The van der Waals surface area contributed by atoms with Crippen LogP contribution in [0.15, 0.2) is 18.2 Å². The Morgan fingerprint density at radius 2 is 2.00 bits per heavy atom. The van der Waals surface area contributed by atoms with Gasteiger partial charge in [-0.15, -0.1) is 0 Å². The molecule has 0 unspecified atom stereocenters. The number of hydrogen-bond acceptors (Lipinski definition) is 3. The van der Waals surface area contributed by atoms with Crippen molar-refractivity contribution in [1.29, 1.82) is 5.26 Å². The summed E-state index contributed by atoms with van der Waals surface area (Å²) >= 11 is 6.32. The zero-order chi connectivity index (χ0) is 13.2. The minimum atomic E-state index is -0.543. The van der Waals surface area contributed by atoms with Gasteiger partial charge in [-0.3, -0.25) is 0 Å². The molecule has 1 aliphatic rings. The molecule has 96 valence electrons. The van der Waals surface area contributed by atoms with Gasteiger partial charge in [0.2, 0.25) is 0 Å². The summed E-state index contributed by atoms with van der Waals surface area (Å²) < 4.78 is 0. The second-order valence-electron chi connectivity index (χ2n) is 5.14. The summed E-state index contributed by atoms with van der Waals surface area (Å²) in [4.78, 5) is 2.31. The van der Waals surface area contributed by atoms with Gasteiger partial charge in [-0.1, -0.05) is 17.7 Å². The van der Waals surface area contributed by atoms with Crippen molar-refractivity contribution in [2.24, 2.45) is 0 Å². The second kappa shape index (κ2) is 5.17. The predicted octanol–water partition coefficient (Wildman–Crippen LogP) is 2.55. The predicted molar refractivity (Wildman–Crippen MR) is 75.2 cm³/mol. The highest BCUT2D eigenvalue weighted by Gasteiger charge is 2.23. The van der Waals surface area contributed by atoms with Crippen molar-refractivity contribution in [3.63, 3.8) is 0 Å². The van der Waals surface area contributed by atoms with E-state index in [1.807, 2.05) is 26.0 Å². The second-order valence-corrected chi connectivity index (χ2v) is 5.55. The minimum Gasteiger partial charge on any atom is -0.369 e. The van der Waals surface area contributed by atoms with Gasteiger partial charge in [0.1, 0.15) is 0 Å². The van der Waals surface area contributed by atoms with Crippen LogP contribution in [0.25, 0.3) is 0 Å². The van der Waals surface area contributed by atoms with Crippen molar-refractivity contribution in [2.45, 2.75) is 19.3 Å². The molecule has 3 nitrogen and oxygen atoms in total. The van der Waals surface area contributed by atoms with Gasteiger partial charge in [-0.2, -0.15) is 5.26 Å². The molecule has 1 aromatic rings. The topological polar surface area (TPSA) is 39.1 Å². The lowest BCUT2D eigenvalue weighted by atomic mass is 9.86. The van der Waals surface area contributed by atoms with Crippen molar-refractivity contribution in [1.82, 2.24) is 5.32 Å². The molecule has 1 aromatic carbocycles. The quantitative estimate of drug-likeness (QED) is 0.891. The number of hydrogen-bond donors (Lipinski definition) is 1. The fraction of sp³-hybridized carbons (Fsp3) is 0.500. The van der Waals surface area contributed by atoms with Gasteiger partial charge in [-0.25, -0.2) is 0 Å². The molecule has 1 fully saturated rings. The van der Waals surface area contributed by atoms with E-state index in [2.05, 4.69) is 22.4 Å². The zero-order valence-corrected chi connectivity index (χ0v) is 11.6. The van der Waals surface area contributed by atoms with E-state index in [4.69, 9.17) is 16.9 Å². The van der Waals surface area contributed by atoms with Gasteiger partial charge in [0.15, 0.2) is 0 Å². The summed E-state index contributed by atoms with van der Waals surface area (Å²) in [5.74, 6) is 0. The number of rotatable bonds is 2. The van der Waals surface area contributed by atoms with Gasteiger partial charge in [0.25, 0.3) is 0 Å². The average molecular weight is 264 g/mol. The lowest BCUT2D eigenvalue weighted by Gasteiger charge is -2.30. The Bertz CT molecular complexity index is 470. The summed E-state index contributed by atoms with van der Waals surface area (Å²) in [6.45, 7) is 7.78. The summed E-state index contributed by atoms with van der Waals surface area (Å²) in [7, 11) is 0. The Labute approximate surface area is 113 Å². The largest absolute Gasteiger partial charge is 0.369 e. The number of nitrogens with zero attached hydrogens (tertiary/aromatic N) is 2. The summed E-state index contributed by atoms with van der Waals surface area (Å²) in [6, 6.07) is 8.30. The Morgan fingerprint density at radius 1 is 1.33 bits per heavy atom. The Hall–Kier alpha value is -1.24. The van der Waals surface area contributed by atoms with Crippen molar-refractivity contribution in [2.75, 3.05) is 31.1 Å². The van der Waals surface area contributed by atoms with Gasteiger partial charge in [0.05, 0.1) is 11.5 Å². The normalized spacial score (nSPS) is 16.4. The molecule has 1 saturated heterocycles. The Balaban J connectivity index is 2.27. The van der Waals surface area contributed by atoms with Gasteiger partial charge in [-0.05, 0) is 31.5 Å². The molecule has 18 heavy (non-hydrogen) atoms. The summed E-state index contributed by atoms with van der Waals surface area (Å²) in [5, 5.41) is 13.2. The van der Waals surface area contributed by atoms with E-state index >= 15 is 0 Å². The number of nitriles is 1. The number of benzene rings is 1. The van der Waals surface area contributed by atoms with E-state index in [0.717, 1.165) is 37.4 Å². The molecule has 0 amide bonds. The van der Waals surface area contributed by atoms with Crippen molar-refractivity contribution < 1.29 is 0 Å². The lowest BCUT2D eigenvalue weighted by Crippen LogP contribution is -2.43. The van der Waals surface area contributed by atoms with Crippen LogP contribution in [0.2, 0.25) is 5.02 Å². The first kappa shape index (κ1) is 13.2. The first-order valence-electron chi connectivity index (χ1n) is 6.21. The van der Waals surface area contributed by atoms with Gasteiger partial charge in [0, 0.05) is 36.9 Å². The zero-order valence-electron chi connectivity index (χ0n) is 10.8. The number of piperazine rings is 1. The van der Waals surface area contributed by atoms with Crippen LogP contribution < -0.4 is 10.2 Å². The maximum atomic E-state index is 9.16. The molecule has 1 heterocycles. The molecule has 0 saturated carbocycles. The molecular formula is C14H18ClN3. The molecule has 0 atom stereocenters. The highest BCUT2D eigenvalue weighted by atomic mass is 35.5. The highest BCUT2D eigenvalue weighted by Crippen LogP contribution is 2.32. The molecule has 1 aliphatic heterocycles. The van der Waals surface area contributed by atoms with E-state index in [1.165, 1.54) is 0 Å². The van der Waals surface area contributed by atoms with E-state index in [1.54, 1.807) is 0 Å². The van der Waals surface area contributed by atoms with E-state index in [-0.39, 0.29) is 0 Å². The number of nitrogens with one attached hydrogen (secondary N) is 1. The standard InChI is InChI=1S/C14H18ClN3/c1-14(2,10-16)12-4-3-11(9-13(12)15)18-7-5-17-6-8-18/h3-4,9,17H,5-8H2,1-2H3. The van der Waals surface area contributed by atoms with Crippen LogP contribution in [0.1, 0.15) is 19.4 Å². The van der Waals surface area contributed by atoms with Crippen LogP contribution in [-0.2, 0) is 5.41 Å². The van der Waals surface area contributed by atoms with Crippen molar-refractivity contribution >= 4 is 17.3 Å². The monoisotopic (exact) mass is 263 g/mol. The molecule has 1 N–H and O–H groups in total. The average Bonchev–Trinajstić information content (AvgIpc) is 2.39. The third-order valence-corrected chi connectivity index (χ3v) is 3.70. The van der Waals surface area contributed by atoms with Crippen LogP contribution in [0, 0.1) is 11.3 Å². The first-order valence-corrected chi connectivity index (χ1v) is 6.59. The van der Waals surface area contributed by atoms with Crippen LogP contribution in [-0.4, -0.2) is 26.2 Å². The summed E-state index contributed by atoms with van der Waals surface area (Å²) in [6.07, 6.45) is 0. The molecule has 0 aromatic heterocycles. The Morgan fingerprint density at radius 3 is 2.56 bits per heavy atom. The van der Waals surface area contributed by atoms with Crippen LogP contribution in [0.5, 0.6) is 0 Å². The summed E-state index contributed by atoms with van der Waals surface area (Å²) in [5.41, 5.74) is 1.49. The van der Waals surface area contributed by atoms with Crippen molar-refractivity contribution in [3.8, 4) is 6.07 Å². The number of anilines is 1. The molecule has 4 heteroatoms. The molecule has 0 radical (unpaired) electrons. The molecule has 0 aliphatic carbocycles.